The maximum atomic E-state index is 14.6. The maximum absolute atomic E-state index is 14.6. The highest BCUT2D eigenvalue weighted by molar-refractivity contribution is 6.10. The van der Waals surface area contributed by atoms with E-state index in [2.05, 4.69) is 15.2 Å². The van der Waals surface area contributed by atoms with Crippen LogP contribution in [0.25, 0.3) is 22.5 Å². The number of ether oxygens (including phenoxy) is 1. The van der Waals surface area contributed by atoms with E-state index in [9.17, 15) is 32.3 Å². The average Bonchev–Trinajstić information content (AvgIpc) is 3.54. The zero-order chi connectivity index (χ0) is 32.8. The van der Waals surface area contributed by atoms with Crippen LogP contribution in [0.2, 0.25) is 0 Å². The van der Waals surface area contributed by atoms with Gasteiger partial charge < -0.3 is 14.4 Å². The van der Waals surface area contributed by atoms with Crippen LogP contribution in [0.1, 0.15) is 54.7 Å². The number of alkyl halides is 3. The lowest BCUT2D eigenvalue weighted by Gasteiger charge is -2.29. The number of aromatic nitrogens is 4. The molecule has 1 aliphatic heterocycles. The number of carbonyl (C=O) groups excluding carboxylic acids is 2. The highest BCUT2D eigenvalue weighted by Crippen LogP contribution is 2.42. The number of aliphatic hydroxyl groups excluding tert-OH is 1. The van der Waals surface area contributed by atoms with Gasteiger partial charge >= 0.3 is 12.3 Å². The molecule has 2 aromatic heterocycles. The molecule has 1 N–H and O–H groups in total. The quantitative estimate of drug-likeness (QED) is 0.257. The molecule has 5 rings (SSSR count). The second kappa shape index (κ2) is 11.6. The van der Waals surface area contributed by atoms with Crippen molar-refractivity contribution >= 4 is 23.5 Å². The largest absolute Gasteiger partial charge is 0.443 e. The van der Waals surface area contributed by atoms with Gasteiger partial charge in [0, 0.05) is 30.3 Å². The Morgan fingerprint density at radius 3 is 2.40 bits per heavy atom. The van der Waals surface area contributed by atoms with Gasteiger partial charge in [0.1, 0.15) is 23.6 Å². The summed E-state index contributed by atoms with van der Waals surface area (Å²) in [7, 11) is 1.67. The molecule has 45 heavy (non-hydrogen) atoms. The number of hydrogen-bond acceptors (Lipinski definition) is 7. The highest BCUT2D eigenvalue weighted by atomic mass is 19.4. The van der Waals surface area contributed by atoms with Gasteiger partial charge in [-0.15, -0.1) is 10.2 Å². The Bertz CT molecular complexity index is 1800. The Hall–Kier alpha value is -4.85. The Kier molecular flexibility index (Phi) is 8.12. The first-order valence-corrected chi connectivity index (χ1v) is 13.9. The molecule has 0 atom stereocenters. The predicted octanol–water partition coefficient (Wildman–Crippen LogP) is 6.12. The summed E-state index contributed by atoms with van der Waals surface area (Å²) in [4.78, 5) is 33.7. The molecule has 0 radical (unpaired) electrons. The molecule has 0 spiro atoms. The molecule has 14 heteroatoms. The summed E-state index contributed by atoms with van der Waals surface area (Å²) in [6, 6.07) is 7.45. The van der Waals surface area contributed by atoms with Crippen molar-refractivity contribution in [2.24, 2.45) is 7.05 Å². The fourth-order valence-corrected chi connectivity index (χ4v) is 5.19. The van der Waals surface area contributed by atoms with E-state index in [1.807, 2.05) is 0 Å². The Morgan fingerprint density at radius 2 is 1.80 bits per heavy atom. The number of fused-ring (bicyclic) bond motifs is 1. The van der Waals surface area contributed by atoms with Crippen molar-refractivity contribution in [2.75, 3.05) is 16.3 Å². The van der Waals surface area contributed by atoms with Gasteiger partial charge in [-0.05, 0) is 74.7 Å². The molecule has 0 bridgehead atoms. The summed E-state index contributed by atoms with van der Waals surface area (Å²) in [5.74, 6) is -1.03. The Labute approximate surface area is 255 Å². The Balaban J connectivity index is 1.71. The SMILES string of the molecule is CCN(C(=O)OC(C)(C)C)c1cnc(N2Cc3c(cc(CO)cc3C(F)(F)F)C2=O)cc1-c1ccc(F)cc1-c1nncn1C. The third kappa shape index (κ3) is 6.10. The minimum absolute atomic E-state index is 0.0119. The van der Waals surface area contributed by atoms with Gasteiger partial charge in [0.2, 0.25) is 0 Å². The van der Waals surface area contributed by atoms with Crippen LogP contribution in [0.4, 0.5) is 33.9 Å². The van der Waals surface area contributed by atoms with E-state index in [-0.39, 0.29) is 34.7 Å². The molecule has 236 valence electrons. The molecule has 2 aromatic carbocycles. The molecule has 0 aliphatic carbocycles. The molecule has 3 heterocycles. The number of benzene rings is 2. The maximum Gasteiger partial charge on any atom is 0.416 e. The smallest absolute Gasteiger partial charge is 0.416 e. The van der Waals surface area contributed by atoms with Gasteiger partial charge in [0.05, 0.1) is 30.6 Å². The average molecular weight is 627 g/mol. The number of amides is 2. The number of pyridine rings is 1. The second-order valence-electron chi connectivity index (χ2n) is 11.5. The van der Waals surface area contributed by atoms with Crippen molar-refractivity contribution < 1.29 is 37.0 Å². The number of anilines is 2. The van der Waals surface area contributed by atoms with Gasteiger partial charge in [-0.2, -0.15) is 13.2 Å². The van der Waals surface area contributed by atoms with Crippen LogP contribution in [0, 0.1) is 5.82 Å². The summed E-state index contributed by atoms with van der Waals surface area (Å²) < 4.78 is 63.8. The standard InChI is InChI=1S/C31H30F4N6O4/c1-6-40(29(44)45-30(2,3)4)25-13-36-26(12-20(25)19-8-7-18(32)11-21(19)27-38-37-16-39(27)5)41-14-23-22(28(41)43)9-17(15-42)10-24(23)31(33,34)35/h7-13,16,42H,6,14-15H2,1-5H3. The molecule has 0 saturated heterocycles. The van der Waals surface area contributed by atoms with Crippen molar-refractivity contribution in [3.63, 3.8) is 0 Å². The number of aryl methyl sites for hydroxylation is 1. The van der Waals surface area contributed by atoms with E-state index in [4.69, 9.17) is 4.74 Å². The van der Waals surface area contributed by atoms with Crippen LogP contribution in [-0.4, -0.2) is 49.0 Å². The first kappa shape index (κ1) is 31.6. The lowest BCUT2D eigenvalue weighted by atomic mass is 9.97. The minimum Gasteiger partial charge on any atom is -0.443 e. The van der Waals surface area contributed by atoms with Gasteiger partial charge in [0.15, 0.2) is 5.82 Å². The number of halogens is 4. The van der Waals surface area contributed by atoms with Crippen LogP contribution >= 0.6 is 0 Å². The summed E-state index contributed by atoms with van der Waals surface area (Å²) in [5.41, 5.74) is -1.14. The monoisotopic (exact) mass is 626 g/mol. The molecular formula is C31H30F4N6O4. The zero-order valence-corrected chi connectivity index (χ0v) is 25.1. The van der Waals surface area contributed by atoms with Crippen molar-refractivity contribution in [1.82, 2.24) is 19.7 Å². The van der Waals surface area contributed by atoms with E-state index in [0.29, 0.717) is 22.5 Å². The summed E-state index contributed by atoms with van der Waals surface area (Å²) in [5, 5.41) is 17.6. The van der Waals surface area contributed by atoms with Crippen LogP contribution in [0.3, 0.4) is 0 Å². The van der Waals surface area contributed by atoms with Gasteiger partial charge in [-0.25, -0.2) is 14.2 Å². The van der Waals surface area contributed by atoms with Crippen molar-refractivity contribution in [1.29, 1.82) is 0 Å². The fourth-order valence-electron chi connectivity index (χ4n) is 5.19. The first-order chi connectivity index (χ1) is 21.1. The van der Waals surface area contributed by atoms with Crippen LogP contribution in [-0.2, 0) is 31.1 Å². The van der Waals surface area contributed by atoms with Gasteiger partial charge in [-0.1, -0.05) is 6.07 Å². The third-order valence-corrected chi connectivity index (χ3v) is 7.18. The molecule has 0 unspecified atom stereocenters. The zero-order valence-electron chi connectivity index (χ0n) is 25.1. The number of nitrogens with zero attached hydrogens (tertiary/aromatic N) is 6. The van der Waals surface area contributed by atoms with E-state index in [1.54, 1.807) is 39.3 Å². The topological polar surface area (TPSA) is 114 Å². The third-order valence-electron chi connectivity index (χ3n) is 7.18. The van der Waals surface area contributed by atoms with Crippen LogP contribution in [0.15, 0.2) is 48.9 Å². The highest BCUT2D eigenvalue weighted by Gasteiger charge is 2.41. The van der Waals surface area contributed by atoms with Crippen LogP contribution in [0.5, 0.6) is 0 Å². The predicted molar refractivity (Wildman–Crippen MR) is 157 cm³/mol. The molecule has 4 aromatic rings. The van der Waals surface area contributed by atoms with E-state index >= 15 is 0 Å². The van der Waals surface area contributed by atoms with Crippen molar-refractivity contribution in [2.45, 2.75) is 52.6 Å². The van der Waals surface area contributed by atoms with Crippen molar-refractivity contribution in [3.8, 4) is 22.5 Å². The Morgan fingerprint density at radius 1 is 1.07 bits per heavy atom. The normalized spacial score (nSPS) is 13.3. The van der Waals surface area contributed by atoms with E-state index in [1.165, 1.54) is 47.8 Å². The van der Waals surface area contributed by atoms with Gasteiger partial charge in [0.25, 0.3) is 5.91 Å². The molecule has 2 amide bonds. The van der Waals surface area contributed by atoms with Crippen LogP contribution < -0.4 is 9.80 Å². The fraction of sp³-hybridized carbons (Fsp3) is 0.323. The van der Waals surface area contributed by atoms with E-state index < -0.39 is 48.3 Å². The van der Waals surface area contributed by atoms with Crippen molar-refractivity contribution in [3.05, 3.63) is 77.0 Å². The summed E-state index contributed by atoms with van der Waals surface area (Å²) in [6.45, 7) is 5.85. The number of carbonyl (C=O) groups is 2. The molecule has 0 fully saturated rings. The molecular weight excluding hydrogens is 596 g/mol. The first-order valence-electron chi connectivity index (χ1n) is 13.9. The summed E-state index contributed by atoms with van der Waals surface area (Å²) >= 11 is 0. The van der Waals surface area contributed by atoms with E-state index in [0.717, 1.165) is 11.0 Å². The lowest BCUT2D eigenvalue weighted by molar-refractivity contribution is -0.138. The molecule has 10 nitrogen and oxygen atoms in total. The molecule has 1 aliphatic rings. The minimum atomic E-state index is -4.78. The second-order valence-corrected chi connectivity index (χ2v) is 11.5. The molecule has 0 saturated carbocycles. The number of aliphatic hydroxyl groups is 1. The van der Waals surface area contributed by atoms with Gasteiger partial charge in [-0.3, -0.25) is 14.6 Å². The lowest BCUT2D eigenvalue weighted by Crippen LogP contribution is -2.37. The number of hydrogen-bond donors (Lipinski definition) is 1. The summed E-state index contributed by atoms with van der Waals surface area (Å²) in [6.07, 6.45) is -2.72. The number of rotatable bonds is 6.